The summed E-state index contributed by atoms with van der Waals surface area (Å²) in [5.74, 6) is 1.94. The van der Waals surface area contributed by atoms with E-state index >= 15 is 0 Å². The van der Waals surface area contributed by atoms with Crippen molar-refractivity contribution in [3.8, 4) is 56.4 Å². The highest BCUT2D eigenvalue weighted by Crippen LogP contribution is 2.39. The number of aromatic nitrogens is 4. The van der Waals surface area contributed by atoms with E-state index in [0.717, 1.165) is 49.8 Å². The number of fused-ring (bicyclic) bond motifs is 4. The van der Waals surface area contributed by atoms with E-state index in [4.69, 9.17) is 15.0 Å². The number of nitrogens with zero attached hydrogens (tertiary/aromatic N) is 4. The van der Waals surface area contributed by atoms with Crippen LogP contribution in [-0.2, 0) is 0 Å². The first kappa shape index (κ1) is 31.5. The third-order valence-electron chi connectivity index (χ3n) is 9.80. The average Bonchev–Trinajstić information content (AvgIpc) is 3.16. The van der Waals surface area contributed by atoms with Crippen LogP contribution < -0.4 is 0 Å². The van der Waals surface area contributed by atoms with Crippen LogP contribution in [0.15, 0.2) is 146 Å². The minimum Gasteiger partial charge on any atom is -0.256 e. The Kier molecular flexibility index (Phi) is 7.66. The van der Waals surface area contributed by atoms with E-state index in [1.165, 1.54) is 43.8 Å². The Hall–Kier alpha value is -6.52. The lowest BCUT2D eigenvalue weighted by molar-refractivity contribution is 1.07. The molecule has 0 atom stereocenters. The molecule has 0 radical (unpaired) electrons. The number of pyridine rings is 1. The molecule has 0 aliphatic heterocycles. The Morgan fingerprint density at radius 1 is 0.346 bits per heavy atom. The van der Waals surface area contributed by atoms with E-state index in [-0.39, 0.29) is 0 Å². The van der Waals surface area contributed by atoms with Crippen molar-refractivity contribution in [2.75, 3.05) is 0 Å². The predicted octanol–water partition coefficient (Wildman–Crippen LogP) is 12.3. The van der Waals surface area contributed by atoms with Crippen molar-refractivity contribution in [3.63, 3.8) is 0 Å². The van der Waals surface area contributed by atoms with Crippen LogP contribution in [0, 0.1) is 27.7 Å². The van der Waals surface area contributed by atoms with Crippen LogP contribution in [0.5, 0.6) is 0 Å². The summed E-state index contributed by atoms with van der Waals surface area (Å²) in [6.45, 7) is 8.47. The molecule has 4 nitrogen and oxygen atoms in total. The highest BCUT2D eigenvalue weighted by Gasteiger charge is 2.17. The number of benzene rings is 7. The molecule has 9 aromatic rings. The van der Waals surface area contributed by atoms with Crippen LogP contribution in [-0.4, -0.2) is 19.9 Å². The van der Waals surface area contributed by atoms with Crippen LogP contribution in [0.25, 0.3) is 88.9 Å². The highest BCUT2D eigenvalue weighted by atomic mass is 15.0. The van der Waals surface area contributed by atoms with Crippen LogP contribution in [0.2, 0.25) is 0 Å². The second-order valence-corrected chi connectivity index (χ2v) is 14.0. The fourth-order valence-electron chi connectivity index (χ4n) is 7.59. The van der Waals surface area contributed by atoms with Gasteiger partial charge in [-0.25, -0.2) is 15.0 Å². The minimum absolute atomic E-state index is 0.630. The summed E-state index contributed by atoms with van der Waals surface area (Å²) in [7, 11) is 0. The molecule has 4 heteroatoms. The Morgan fingerprint density at radius 2 is 0.865 bits per heavy atom. The van der Waals surface area contributed by atoms with Crippen molar-refractivity contribution in [2.45, 2.75) is 27.7 Å². The van der Waals surface area contributed by atoms with Crippen LogP contribution in [0.4, 0.5) is 0 Å². The van der Waals surface area contributed by atoms with Gasteiger partial charge in [-0.05, 0) is 132 Å². The van der Waals surface area contributed by atoms with Crippen molar-refractivity contribution in [3.05, 3.63) is 168 Å². The molecule has 0 aliphatic rings. The van der Waals surface area contributed by atoms with Crippen molar-refractivity contribution >= 4 is 32.4 Å². The second kappa shape index (κ2) is 12.7. The number of rotatable bonds is 5. The third-order valence-corrected chi connectivity index (χ3v) is 9.80. The molecule has 52 heavy (non-hydrogen) atoms. The zero-order valence-corrected chi connectivity index (χ0v) is 29.6. The average molecular weight is 669 g/mol. The first-order chi connectivity index (χ1) is 25.3. The van der Waals surface area contributed by atoms with Crippen molar-refractivity contribution in [1.82, 2.24) is 19.9 Å². The highest BCUT2D eigenvalue weighted by molar-refractivity contribution is 6.14. The van der Waals surface area contributed by atoms with Gasteiger partial charge in [-0.15, -0.1) is 0 Å². The van der Waals surface area contributed by atoms with E-state index in [9.17, 15) is 0 Å². The fourth-order valence-corrected chi connectivity index (χ4v) is 7.59. The summed E-state index contributed by atoms with van der Waals surface area (Å²) >= 11 is 0. The predicted molar refractivity (Wildman–Crippen MR) is 216 cm³/mol. The topological polar surface area (TPSA) is 51.6 Å². The number of hydrogen-bond donors (Lipinski definition) is 0. The molecule has 9 rings (SSSR count). The molecular formula is C48H36N4. The quantitative estimate of drug-likeness (QED) is 0.171. The summed E-state index contributed by atoms with van der Waals surface area (Å²) in [6.07, 6.45) is 1.85. The third kappa shape index (κ3) is 5.88. The Morgan fingerprint density at radius 3 is 1.52 bits per heavy atom. The molecular weight excluding hydrogens is 633 g/mol. The number of aryl methyl sites for hydroxylation is 4. The van der Waals surface area contributed by atoms with E-state index in [1.807, 2.05) is 12.3 Å². The van der Waals surface area contributed by atoms with Crippen molar-refractivity contribution in [1.29, 1.82) is 0 Å². The maximum atomic E-state index is 5.22. The number of hydrogen-bond acceptors (Lipinski definition) is 4. The van der Waals surface area contributed by atoms with Gasteiger partial charge in [0.25, 0.3) is 0 Å². The molecule has 0 bridgehead atoms. The molecule has 7 aromatic carbocycles. The smallest absolute Gasteiger partial charge is 0.164 e. The first-order valence-corrected chi connectivity index (χ1v) is 17.7. The van der Waals surface area contributed by atoms with Crippen molar-refractivity contribution in [2.24, 2.45) is 0 Å². The fraction of sp³-hybridized carbons (Fsp3) is 0.0833. The van der Waals surface area contributed by atoms with E-state index in [2.05, 4.69) is 166 Å². The lowest BCUT2D eigenvalue weighted by Crippen LogP contribution is -2.01. The monoisotopic (exact) mass is 668 g/mol. The van der Waals surface area contributed by atoms with Gasteiger partial charge >= 0.3 is 0 Å². The van der Waals surface area contributed by atoms with Crippen LogP contribution in [0.1, 0.15) is 22.3 Å². The SMILES string of the molecule is Cc1cc(C)cc(-c2nc(-c3cc(C)cc(C)c3)nc(-c3cc(-c4ccc5cccnc5c4)cc(-c4cc5ccccc5c5ccccc45)c3)n2)c1. The molecule has 0 aliphatic carbocycles. The van der Waals surface area contributed by atoms with Gasteiger partial charge in [0.05, 0.1) is 5.52 Å². The normalized spacial score (nSPS) is 11.5. The zero-order valence-electron chi connectivity index (χ0n) is 29.6. The summed E-state index contributed by atoms with van der Waals surface area (Å²) in [5, 5.41) is 5.98. The maximum Gasteiger partial charge on any atom is 0.164 e. The van der Waals surface area contributed by atoms with Gasteiger partial charge in [0.15, 0.2) is 17.5 Å². The first-order valence-electron chi connectivity index (χ1n) is 17.7. The lowest BCUT2D eigenvalue weighted by Gasteiger charge is -2.15. The second-order valence-electron chi connectivity index (χ2n) is 14.0. The summed E-state index contributed by atoms with van der Waals surface area (Å²) in [5.41, 5.74) is 12.9. The Bertz CT molecular complexity index is 2740. The minimum atomic E-state index is 0.630. The molecule has 2 heterocycles. The van der Waals surface area contributed by atoms with Gasteiger partial charge in [0.1, 0.15) is 0 Å². The van der Waals surface area contributed by atoms with Gasteiger partial charge in [-0.2, -0.15) is 0 Å². The van der Waals surface area contributed by atoms with E-state index in [1.54, 1.807) is 0 Å². The summed E-state index contributed by atoms with van der Waals surface area (Å²) in [6, 6.07) is 49.9. The molecule has 2 aromatic heterocycles. The molecule has 0 unspecified atom stereocenters. The van der Waals surface area contributed by atoms with E-state index in [0.29, 0.717) is 17.5 Å². The molecule has 0 saturated heterocycles. The van der Waals surface area contributed by atoms with Crippen LogP contribution >= 0.6 is 0 Å². The molecule has 0 fully saturated rings. The molecule has 0 N–H and O–H groups in total. The molecule has 0 saturated carbocycles. The summed E-state index contributed by atoms with van der Waals surface area (Å²) in [4.78, 5) is 20.2. The van der Waals surface area contributed by atoms with Gasteiger partial charge in [0.2, 0.25) is 0 Å². The van der Waals surface area contributed by atoms with Crippen molar-refractivity contribution < 1.29 is 0 Å². The molecule has 0 spiro atoms. The van der Waals surface area contributed by atoms with Gasteiger partial charge in [-0.1, -0.05) is 101 Å². The largest absolute Gasteiger partial charge is 0.256 e. The van der Waals surface area contributed by atoms with E-state index < -0.39 is 0 Å². The maximum absolute atomic E-state index is 5.22. The van der Waals surface area contributed by atoms with Crippen LogP contribution in [0.3, 0.4) is 0 Å². The van der Waals surface area contributed by atoms with Gasteiger partial charge < -0.3 is 0 Å². The molecule has 248 valence electrons. The Balaban J connectivity index is 1.34. The standard InChI is InChI=1S/C48H36N4/c1-29-18-30(2)21-38(20-29)46-50-47(39-22-31(3)19-32(4)23-39)52-48(51-46)40-25-36(34-16-15-33-11-9-17-49-45(33)28-34)24-37(26-40)44-27-35-10-5-6-12-41(35)42-13-7-8-14-43(42)44/h5-28H,1-4H3. The zero-order chi connectivity index (χ0) is 35.3. The summed E-state index contributed by atoms with van der Waals surface area (Å²) < 4.78 is 0. The molecule has 0 amide bonds. The lowest BCUT2D eigenvalue weighted by atomic mass is 9.90. The Labute approximate surface area is 303 Å². The van der Waals surface area contributed by atoms with Gasteiger partial charge in [-0.3, -0.25) is 4.98 Å². The van der Waals surface area contributed by atoms with Gasteiger partial charge in [0, 0.05) is 28.3 Å².